The van der Waals surface area contributed by atoms with Gasteiger partial charge in [-0.1, -0.05) is 30.3 Å². The minimum absolute atomic E-state index is 0.00903. The fourth-order valence-corrected chi connectivity index (χ4v) is 3.30. The fraction of sp³-hybridized carbons (Fsp3) is 0.381. The molecular formula is C21H25F2N3O. The molecule has 0 radical (unpaired) electrons. The van der Waals surface area contributed by atoms with Gasteiger partial charge in [0.1, 0.15) is 11.6 Å². The molecule has 1 atom stereocenters. The van der Waals surface area contributed by atoms with Crippen LogP contribution in [-0.4, -0.2) is 54.5 Å². The molecule has 6 heteroatoms. The van der Waals surface area contributed by atoms with E-state index in [0.717, 1.165) is 51.3 Å². The molecule has 0 bridgehead atoms. The molecule has 1 saturated heterocycles. The summed E-state index contributed by atoms with van der Waals surface area (Å²) in [6, 6.07) is 13.2. The Kier molecular flexibility index (Phi) is 6.53. The minimum atomic E-state index is -0.763. The van der Waals surface area contributed by atoms with E-state index in [1.165, 1.54) is 11.6 Å². The number of hydrogen-bond donors (Lipinski definition) is 1. The first-order chi connectivity index (χ1) is 13.0. The van der Waals surface area contributed by atoms with Crippen molar-refractivity contribution in [2.24, 2.45) is 0 Å². The molecule has 144 valence electrons. The second-order valence-corrected chi connectivity index (χ2v) is 6.90. The van der Waals surface area contributed by atoms with Gasteiger partial charge in [-0.25, -0.2) is 8.78 Å². The number of hydrogen-bond acceptors (Lipinski definition) is 3. The third kappa shape index (κ3) is 5.34. The first-order valence-corrected chi connectivity index (χ1v) is 9.29. The standard InChI is InChI=1S/C21H25F2N3O/c1-16(21(27)24-20-8-7-18(22)15-19(20)23)26-13-11-25(12-14-26)10-9-17-5-3-2-4-6-17/h2-8,15-16H,9-14H2,1H3,(H,24,27)/t16-/m0/s1. The number of halogens is 2. The van der Waals surface area contributed by atoms with Gasteiger partial charge < -0.3 is 10.2 Å². The van der Waals surface area contributed by atoms with E-state index >= 15 is 0 Å². The maximum Gasteiger partial charge on any atom is 0.241 e. The van der Waals surface area contributed by atoms with Gasteiger partial charge in [-0.15, -0.1) is 0 Å². The number of rotatable bonds is 6. The van der Waals surface area contributed by atoms with Gasteiger partial charge in [0.05, 0.1) is 11.7 Å². The summed E-state index contributed by atoms with van der Waals surface area (Å²) >= 11 is 0. The number of carbonyl (C=O) groups excluding carboxylic acids is 1. The maximum absolute atomic E-state index is 13.7. The average Bonchev–Trinajstić information content (AvgIpc) is 2.69. The van der Waals surface area contributed by atoms with Gasteiger partial charge in [-0.05, 0) is 31.0 Å². The first kappa shape index (κ1) is 19.5. The Labute approximate surface area is 158 Å². The Morgan fingerprint density at radius 3 is 2.44 bits per heavy atom. The van der Waals surface area contributed by atoms with E-state index in [-0.39, 0.29) is 17.6 Å². The van der Waals surface area contributed by atoms with Gasteiger partial charge in [0.25, 0.3) is 0 Å². The highest BCUT2D eigenvalue weighted by atomic mass is 19.1. The monoisotopic (exact) mass is 373 g/mol. The summed E-state index contributed by atoms with van der Waals surface area (Å²) in [5.41, 5.74) is 1.34. The molecule has 4 nitrogen and oxygen atoms in total. The van der Waals surface area contributed by atoms with Crippen LogP contribution in [0.25, 0.3) is 0 Å². The molecule has 0 unspecified atom stereocenters. The van der Waals surface area contributed by atoms with Gasteiger partial charge in [-0.2, -0.15) is 0 Å². The van der Waals surface area contributed by atoms with Gasteiger partial charge in [0, 0.05) is 38.8 Å². The number of amides is 1. The van der Waals surface area contributed by atoms with Gasteiger partial charge in [0.15, 0.2) is 0 Å². The predicted octanol–water partition coefficient (Wildman–Crippen LogP) is 3.15. The van der Waals surface area contributed by atoms with E-state index in [2.05, 4.69) is 39.4 Å². The topological polar surface area (TPSA) is 35.6 Å². The SMILES string of the molecule is C[C@@H](C(=O)Nc1ccc(F)cc1F)N1CCN(CCc2ccccc2)CC1. The van der Waals surface area contributed by atoms with Gasteiger partial charge >= 0.3 is 0 Å². The zero-order valence-electron chi connectivity index (χ0n) is 15.5. The molecule has 2 aromatic carbocycles. The van der Waals surface area contributed by atoms with Crippen molar-refractivity contribution in [2.45, 2.75) is 19.4 Å². The number of piperazine rings is 1. The Hall–Kier alpha value is -2.31. The summed E-state index contributed by atoms with van der Waals surface area (Å²) in [5.74, 6) is -1.70. The number of nitrogens with zero attached hydrogens (tertiary/aromatic N) is 2. The number of carbonyl (C=O) groups is 1. The third-order valence-electron chi connectivity index (χ3n) is 5.08. The van der Waals surface area contributed by atoms with Crippen molar-refractivity contribution in [1.29, 1.82) is 0 Å². The molecule has 3 rings (SSSR count). The largest absolute Gasteiger partial charge is 0.322 e. The smallest absolute Gasteiger partial charge is 0.241 e. The molecule has 0 spiro atoms. The zero-order chi connectivity index (χ0) is 19.2. The lowest BCUT2D eigenvalue weighted by Gasteiger charge is -2.37. The molecule has 0 aliphatic carbocycles. The van der Waals surface area contributed by atoms with E-state index in [1.54, 1.807) is 0 Å². The van der Waals surface area contributed by atoms with Crippen LogP contribution in [0.3, 0.4) is 0 Å². The molecule has 1 amide bonds. The van der Waals surface area contributed by atoms with Gasteiger partial charge in [-0.3, -0.25) is 9.69 Å². The molecule has 0 saturated carbocycles. The van der Waals surface area contributed by atoms with Crippen molar-refractivity contribution in [2.75, 3.05) is 38.0 Å². The molecule has 1 N–H and O–H groups in total. The van der Waals surface area contributed by atoms with Gasteiger partial charge in [0.2, 0.25) is 5.91 Å². The van der Waals surface area contributed by atoms with Crippen LogP contribution in [0.4, 0.5) is 14.5 Å². The highest BCUT2D eigenvalue weighted by Crippen LogP contribution is 2.16. The van der Waals surface area contributed by atoms with Crippen LogP contribution in [0.2, 0.25) is 0 Å². The van der Waals surface area contributed by atoms with Crippen LogP contribution in [0, 0.1) is 11.6 Å². The second-order valence-electron chi connectivity index (χ2n) is 6.90. The molecule has 1 aliphatic rings. The molecule has 1 fully saturated rings. The lowest BCUT2D eigenvalue weighted by atomic mass is 10.1. The summed E-state index contributed by atoms with van der Waals surface area (Å²) in [4.78, 5) is 16.9. The minimum Gasteiger partial charge on any atom is -0.322 e. The highest BCUT2D eigenvalue weighted by Gasteiger charge is 2.26. The quantitative estimate of drug-likeness (QED) is 0.845. The molecule has 2 aromatic rings. The van der Waals surface area contributed by atoms with Crippen LogP contribution in [0.1, 0.15) is 12.5 Å². The highest BCUT2D eigenvalue weighted by molar-refractivity contribution is 5.94. The normalized spacial score (nSPS) is 16.9. The van der Waals surface area contributed by atoms with Crippen molar-refractivity contribution >= 4 is 11.6 Å². The van der Waals surface area contributed by atoms with E-state index in [1.807, 2.05) is 13.0 Å². The van der Waals surface area contributed by atoms with E-state index in [4.69, 9.17) is 0 Å². The van der Waals surface area contributed by atoms with Crippen molar-refractivity contribution in [3.8, 4) is 0 Å². The van der Waals surface area contributed by atoms with Crippen LogP contribution < -0.4 is 5.32 Å². The summed E-state index contributed by atoms with van der Waals surface area (Å²) in [6.07, 6.45) is 1.01. The summed E-state index contributed by atoms with van der Waals surface area (Å²) in [6.45, 7) is 6.19. The van der Waals surface area contributed by atoms with Crippen LogP contribution >= 0.6 is 0 Å². The first-order valence-electron chi connectivity index (χ1n) is 9.29. The summed E-state index contributed by atoms with van der Waals surface area (Å²) < 4.78 is 26.7. The third-order valence-corrected chi connectivity index (χ3v) is 5.08. The lowest BCUT2D eigenvalue weighted by Crippen LogP contribution is -2.53. The zero-order valence-corrected chi connectivity index (χ0v) is 15.5. The Balaban J connectivity index is 1.46. The Morgan fingerprint density at radius 1 is 1.07 bits per heavy atom. The van der Waals surface area contributed by atoms with E-state index in [0.29, 0.717) is 0 Å². The molecule has 27 heavy (non-hydrogen) atoms. The molecular weight excluding hydrogens is 348 g/mol. The van der Waals surface area contributed by atoms with E-state index < -0.39 is 11.6 Å². The maximum atomic E-state index is 13.7. The van der Waals surface area contributed by atoms with Crippen LogP contribution in [-0.2, 0) is 11.2 Å². The lowest BCUT2D eigenvalue weighted by molar-refractivity contribution is -0.121. The summed E-state index contributed by atoms with van der Waals surface area (Å²) in [5, 5.41) is 2.56. The number of nitrogens with one attached hydrogen (secondary N) is 1. The predicted molar refractivity (Wildman–Crippen MR) is 103 cm³/mol. The van der Waals surface area contributed by atoms with Crippen LogP contribution in [0.15, 0.2) is 48.5 Å². The average molecular weight is 373 g/mol. The van der Waals surface area contributed by atoms with Crippen molar-refractivity contribution < 1.29 is 13.6 Å². The van der Waals surface area contributed by atoms with Crippen molar-refractivity contribution in [1.82, 2.24) is 9.80 Å². The molecule has 1 heterocycles. The van der Waals surface area contributed by atoms with Crippen LogP contribution in [0.5, 0.6) is 0 Å². The van der Waals surface area contributed by atoms with Crippen molar-refractivity contribution in [3.63, 3.8) is 0 Å². The second kappa shape index (κ2) is 9.06. The fourth-order valence-electron chi connectivity index (χ4n) is 3.30. The number of benzene rings is 2. The van der Waals surface area contributed by atoms with Crippen molar-refractivity contribution in [3.05, 3.63) is 65.7 Å². The van der Waals surface area contributed by atoms with E-state index in [9.17, 15) is 13.6 Å². The number of anilines is 1. The summed E-state index contributed by atoms with van der Waals surface area (Å²) in [7, 11) is 0. The Bertz CT molecular complexity index is 761. The molecule has 1 aliphatic heterocycles. The molecule has 0 aromatic heterocycles. The Morgan fingerprint density at radius 2 is 1.78 bits per heavy atom.